The summed E-state index contributed by atoms with van der Waals surface area (Å²) in [7, 11) is 0. The van der Waals surface area contributed by atoms with Crippen molar-refractivity contribution in [3.8, 4) is 0 Å². The molecule has 0 saturated heterocycles. The first kappa shape index (κ1) is 11.7. The fourth-order valence-electron chi connectivity index (χ4n) is 1.62. The monoisotopic (exact) mass is 231 g/mol. The minimum atomic E-state index is 0.0817. The number of aliphatic hydroxyl groups excluding tert-OH is 1. The van der Waals surface area contributed by atoms with Gasteiger partial charge in [-0.1, -0.05) is 19.1 Å². The van der Waals surface area contributed by atoms with E-state index in [0.29, 0.717) is 6.54 Å². The second-order valence-electron chi connectivity index (χ2n) is 3.93. The first-order chi connectivity index (χ1) is 8.31. The number of benzene rings is 1. The Kier molecular flexibility index (Phi) is 3.83. The lowest BCUT2D eigenvalue weighted by Gasteiger charge is -2.05. The number of furan rings is 1. The van der Waals surface area contributed by atoms with Gasteiger partial charge in [-0.15, -0.1) is 0 Å². The molecule has 1 heterocycles. The van der Waals surface area contributed by atoms with Crippen molar-refractivity contribution in [2.45, 2.75) is 26.5 Å². The van der Waals surface area contributed by atoms with Gasteiger partial charge >= 0.3 is 0 Å². The van der Waals surface area contributed by atoms with E-state index in [2.05, 4.69) is 12.2 Å². The highest BCUT2D eigenvalue weighted by molar-refractivity contribution is 5.44. The number of hydrogen-bond donors (Lipinski definition) is 2. The molecule has 3 heteroatoms. The molecule has 0 aliphatic heterocycles. The average Bonchev–Trinajstić information content (AvgIpc) is 2.85. The van der Waals surface area contributed by atoms with Crippen molar-refractivity contribution in [3.63, 3.8) is 0 Å². The lowest BCUT2D eigenvalue weighted by molar-refractivity contribution is 0.282. The summed E-state index contributed by atoms with van der Waals surface area (Å²) in [5, 5.41) is 12.2. The van der Waals surface area contributed by atoms with Crippen molar-refractivity contribution in [1.29, 1.82) is 0 Å². The Morgan fingerprint density at radius 1 is 1.06 bits per heavy atom. The Labute approximate surface area is 101 Å². The van der Waals surface area contributed by atoms with E-state index in [4.69, 9.17) is 9.52 Å². The van der Waals surface area contributed by atoms with Crippen LogP contribution < -0.4 is 5.32 Å². The average molecular weight is 231 g/mol. The lowest BCUT2D eigenvalue weighted by Crippen LogP contribution is -1.98. The summed E-state index contributed by atoms with van der Waals surface area (Å²) in [5.74, 6) is 1.95. The summed E-state index contributed by atoms with van der Waals surface area (Å²) < 4.78 is 5.60. The zero-order valence-corrected chi connectivity index (χ0v) is 9.94. The summed E-state index contributed by atoms with van der Waals surface area (Å²) >= 11 is 0. The highest BCUT2D eigenvalue weighted by atomic mass is 16.3. The van der Waals surface area contributed by atoms with Crippen LogP contribution in [0.2, 0.25) is 0 Å². The number of nitrogens with one attached hydrogen (secondary N) is 1. The van der Waals surface area contributed by atoms with Crippen LogP contribution in [0.3, 0.4) is 0 Å². The molecule has 0 radical (unpaired) electrons. The van der Waals surface area contributed by atoms with Gasteiger partial charge in [0, 0.05) is 12.1 Å². The molecule has 0 aliphatic carbocycles. The standard InChI is InChI=1S/C14H17NO2/c1-2-13-7-8-14(17-13)9-15-12-5-3-11(10-16)4-6-12/h3-8,15-16H,2,9-10H2,1H3. The molecule has 0 amide bonds. The molecule has 90 valence electrons. The van der Waals surface area contributed by atoms with Crippen molar-refractivity contribution in [2.24, 2.45) is 0 Å². The van der Waals surface area contributed by atoms with Crippen molar-refractivity contribution >= 4 is 5.69 Å². The van der Waals surface area contributed by atoms with Crippen molar-refractivity contribution in [1.82, 2.24) is 0 Å². The van der Waals surface area contributed by atoms with Crippen molar-refractivity contribution < 1.29 is 9.52 Å². The molecule has 17 heavy (non-hydrogen) atoms. The van der Waals surface area contributed by atoms with Crippen LogP contribution in [-0.4, -0.2) is 5.11 Å². The van der Waals surface area contributed by atoms with Crippen LogP contribution in [-0.2, 0) is 19.6 Å². The fraction of sp³-hybridized carbons (Fsp3) is 0.286. The van der Waals surface area contributed by atoms with Gasteiger partial charge in [0.2, 0.25) is 0 Å². The molecule has 1 aromatic carbocycles. The molecular weight excluding hydrogens is 214 g/mol. The molecule has 0 atom stereocenters. The minimum absolute atomic E-state index is 0.0817. The van der Waals surface area contributed by atoms with Crippen LogP contribution in [0.15, 0.2) is 40.8 Å². The third-order valence-electron chi connectivity index (χ3n) is 2.67. The van der Waals surface area contributed by atoms with E-state index in [-0.39, 0.29) is 6.61 Å². The van der Waals surface area contributed by atoms with Crippen LogP contribution in [0.4, 0.5) is 5.69 Å². The molecular formula is C14H17NO2. The third-order valence-corrected chi connectivity index (χ3v) is 2.67. The predicted octanol–water partition coefficient (Wildman–Crippen LogP) is 2.95. The molecule has 0 spiro atoms. The van der Waals surface area contributed by atoms with E-state index in [1.165, 1.54) is 0 Å². The van der Waals surface area contributed by atoms with Gasteiger partial charge < -0.3 is 14.8 Å². The van der Waals surface area contributed by atoms with Crippen LogP contribution in [0.5, 0.6) is 0 Å². The molecule has 0 saturated carbocycles. The van der Waals surface area contributed by atoms with E-state index in [1.54, 1.807) is 0 Å². The molecule has 0 unspecified atom stereocenters. The zero-order chi connectivity index (χ0) is 12.1. The molecule has 1 aromatic heterocycles. The maximum Gasteiger partial charge on any atom is 0.123 e. The molecule has 0 aliphatic rings. The van der Waals surface area contributed by atoms with Gasteiger partial charge in [0.25, 0.3) is 0 Å². The number of aliphatic hydroxyl groups is 1. The number of rotatable bonds is 5. The Bertz CT molecular complexity index is 459. The fourth-order valence-corrected chi connectivity index (χ4v) is 1.62. The lowest BCUT2D eigenvalue weighted by atomic mass is 10.2. The third kappa shape index (κ3) is 3.11. The van der Waals surface area contributed by atoms with Crippen LogP contribution in [0.1, 0.15) is 24.0 Å². The van der Waals surface area contributed by atoms with Gasteiger partial charge in [-0.3, -0.25) is 0 Å². The van der Waals surface area contributed by atoms with E-state index in [1.807, 2.05) is 36.4 Å². The second-order valence-corrected chi connectivity index (χ2v) is 3.93. The minimum Gasteiger partial charge on any atom is -0.464 e. The first-order valence-corrected chi connectivity index (χ1v) is 5.83. The Balaban J connectivity index is 1.92. The summed E-state index contributed by atoms with van der Waals surface area (Å²) in [5.41, 5.74) is 1.94. The highest BCUT2D eigenvalue weighted by Crippen LogP contribution is 2.13. The Morgan fingerprint density at radius 2 is 1.76 bits per heavy atom. The molecule has 3 nitrogen and oxygen atoms in total. The van der Waals surface area contributed by atoms with E-state index < -0.39 is 0 Å². The van der Waals surface area contributed by atoms with Crippen molar-refractivity contribution in [2.75, 3.05) is 5.32 Å². The zero-order valence-electron chi connectivity index (χ0n) is 9.94. The first-order valence-electron chi connectivity index (χ1n) is 5.83. The van der Waals surface area contributed by atoms with Crippen LogP contribution in [0, 0.1) is 0 Å². The summed E-state index contributed by atoms with van der Waals surface area (Å²) in [4.78, 5) is 0. The van der Waals surface area contributed by atoms with Gasteiger partial charge in [0.05, 0.1) is 13.2 Å². The topological polar surface area (TPSA) is 45.4 Å². The van der Waals surface area contributed by atoms with Crippen LogP contribution in [0.25, 0.3) is 0 Å². The van der Waals surface area contributed by atoms with Gasteiger partial charge in [-0.05, 0) is 29.8 Å². The SMILES string of the molecule is CCc1ccc(CNc2ccc(CO)cc2)o1. The van der Waals surface area contributed by atoms with Gasteiger partial charge in [-0.25, -0.2) is 0 Å². The number of hydrogen-bond acceptors (Lipinski definition) is 3. The predicted molar refractivity (Wildman–Crippen MR) is 67.8 cm³/mol. The van der Waals surface area contributed by atoms with Gasteiger partial charge in [0.15, 0.2) is 0 Å². The number of anilines is 1. The van der Waals surface area contributed by atoms with E-state index >= 15 is 0 Å². The molecule has 2 rings (SSSR count). The highest BCUT2D eigenvalue weighted by Gasteiger charge is 2.00. The van der Waals surface area contributed by atoms with Gasteiger partial charge in [-0.2, -0.15) is 0 Å². The maximum atomic E-state index is 8.93. The molecule has 0 bridgehead atoms. The largest absolute Gasteiger partial charge is 0.464 e. The summed E-state index contributed by atoms with van der Waals surface area (Å²) in [6, 6.07) is 11.7. The molecule has 0 fully saturated rings. The van der Waals surface area contributed by atoms with Gasteiger partial charge in [0.1, 0.15) is 11.5 Å². The van der Waals surface area contributed by atoms with E-state index in [0.717, 1.165) is 29.2 Å². The molecule has 2 aromatic rings. The summed E-state index contributed by atoms with van der Waals surface area (Å²) in [6.45, 7) is 2.83. The van der Waals surface area contributed by atoms with Crippen LogP contribution >= 0.6 is 0 Å². The normalized spacial score (nSPS) is 10.5. The second kappa shape index (κ2) is 5.55. The number of aryl methyl sites for hydroxylation is 1. The smallest absolute Gasteiger partial charge is 0.123 e. The maximum absolute atomic E-state index is 8.93. The Morgan fingerprint density at radius 3 is 2.35 bits per heavy atom. The molecule has 2 N–H and O–H groups in total. The quantitative estimate of drug-likeness (QED) is 0.831. The van der Waals surface area contributed by atoms with E-state index in [9.17, 15) is 0 Å². The summed E-state index contributed by atoms with van der Waals surface area (Å²) in [6.07, 6.45) is 0.922. The van der Waals surface area contributed by atoms with Crippen molar-refractivity contribution in [3.05, 3.63) is 53.5 Å². The Hall–Kier alpha value is -1.74.